The highest BCUT2D eigenvalue weighted by Gasteiger charge is 2.25. The van der Waals surface area contributed by atoms with Gasteiger partial charge in [0.2, 0.25) is 0 Å². The van der Waals surface area contributed by atoms with Gasteiger partial charge in [0.25, 0.3) is 11.8 Å². The standard InChI is InChI=1S/C23H18N4O4/c24-27(17-4-2-1-3-5-17)22(29)14-6-9-16(10-7-14)25-13-19-18-12-15(23(30)31)8-11-20(18)26-21(19)28/h1-13,25H,24H2,(H,26,28)(H,30,31). The molecule has 154 valence electrons. The third-order valence-corrected chi connectivity index (χ3v) is 4.82. The topological polar surface area (TPSA) is 125 Å². The van der Waals surface area contributed by atoms with Gasteiger partial charge in [0, 0.05) is 28.7 Å². The van der Waals surface area contributed by atoms with E-state index >= 15 is 0 Å². The van der Waals surface area contributed by atoms with Crippen LogP contribution in [-0.2, 0) is 4.79 Å². The number of nitrogens with one attached hydrogen (secondary N) is 2. The lowest BCUT2D eigenvalue weighted by Gasteiger charge is -2.16. The first-order chi connectivity index (χ1) is 14.9. The Bertz CT molecular complexity index is 1200. The fraction of sp³-hybridized carbons (Fsp3) is 0. The molecule has 8 heteroatoms. The SMILES string of the molecule is NN(C(=O)c1ccc(NC=C2C(=O)Nc3ccc(C(=O)O)cc32)cc1)c1ccccc1. The van der Waals surface area contributed by atoms with Crippen molar-refractivity contribution in [3.63, 3.8) is 0 Å². The van der Waals surface area contributed by atoms with E-state index in [1.54, 1.807) is 54.6 Å². The van der Waals surface area contributed by atoms with Crippen LogP contribution in [0, 0.1) is 0 Å². The number of benzene rings is 3. The third-order valence-electron chi connectivity index (χ3n) is 4.82. The summed E-state index contributed by atoms with van der Waals surface area (Å²) in [5.41, 5.74) is 3.08. The molecule has 5 N–H and O–H groups in total. The van der Waals surface area contributed by atoms with E-state index in [1.807, 2.05) is 6.07 Å². The normalized spacial score (nSPS) is 13.5. The average molecular weight is 414 g/mol. The zero-order chi connectivity index (χ0) is 22.0. The minimum Gasteiger partial charge on any atom is -0.478 e. The lowest BCUT2D eigenvalue weighted by atomic mass is 10.0. The van der Waals surface area contributed by atoms with Gasteiger partial charge in [0.15, 0.2) is 0 Å². The van der Waals surface area contributed by atoms with Crippen LogP contribution in [0.25, 0.3) is 5.57 Å². The fourth-order valence-electron chi connectivity index (χ4n) is 3.17. The highest BCUT2D eigenvalue weighted by atomic mass is 16.4. The first kappa shape index (κ1) is 19.9. The number of carboxylic acids is 1. The lowest BCUT2D eigenvalue weighted by Crippen LogP contribution is -2.37. The summed E-state index contributed by atoms with van der Waals surface area (Å²) < 4.78 is 0. The summed E-state index contributed by atoms with van der Waals surface area (Å²) >= 11 is 0. The summed E-state index contributed by atoms with van der Waals surface area (Å²) in [4.78, 5) is 36.0. The summed E-state index contributed by atoms with van der Waals surface area (Å²) in [7, 11) is 0. The van der Waals surface area contributed by atoms with Crippen molar-refractivity contribution in [1.29, 1.82) is 0 Å². The van der Waals surface area contributed by atoms with E-state index in [0.29, 0.717) is 33.8 Å². The number of aromatic carboxylic acids is 1. The second-order valence-corrected chi connectivity index (χ2v) is 6.81. The fourth-order valence-corrected chi connectivity index (χ4v) is 3.17. The molecule has 1 heterocycles. The van der Waals surface area contributed by atoms with Gasteiger partial charge in [-0.3, -0.25) is 9.59 Å². The summed E-state index contributed by atoms with van der Waals surface area (Å²) in [6.45, 7) is 0. The Labute approximate surface area is 177 Å². The predicted molar refractivity (Wildman–Crippen MR) is 118 cm³/mol. The molecule has 4 rings (SSSR count). The minimum atomic E-state index is -1.07. The molecule has 1 aliphatic rings. The molecular formula is C23H18N4O4. The van der Waals surface area contributed by atoms with E-state index in [2.05, 4.69) is 10.6 Å². The van der Waals surface area contributed by atoms with Gasteiger partial charge in [0.1, 0.15) is 0 Å². The van der Waals surface area contributed by atoms with Crippen molar-refractivity contribution in [3.8, 4) is 0 Å². The van der Waals surface area contributed by atoms with E-state index in [9.17, 15) is 19.5 Å². The smallest absolute Gasteiger partial charge is 0.335 e. The number of anilines is 3. The quantitative estimate of drug-likeness (QED) is 0.220. The molecule has 1 aliphatic heterocycles. The van der Waals surface area contributed by atoms with Crippen LogP contribution in [0.5, 0.6) is 0 Å². The van der Waals surface area contributed by atoms with Crippen LogP contribution in [0.1, 0.15) is 26.3 Å². The average Bonchev–Trinajstić information content (AvgIpc) is 3.11. The van der Waals surface area contributed by atoms with Crippen molar-refractivity contribution >= 4 is 40.4 Å². The molecule has 0 radical (unpaired) electrons. The van der Waals surface area contributed by atoms with Crippen LogP contribution in [0.3, 0.4) is 0 Å². The lowest BCUT2D eigenvalue weighted by molar-refractivity contribution is -0.110. The van der Waals surface area contributed by atoms with E-state index in [-0.39, 0.29) is 17.4 Å². The van der Waals surface area contributed by atoms with Crippen molar-refractivity contribution in [3.05, 3.63) is 95.7 Å². The van der Waals surface area contributed by atoms with Crippen molar-refractivity contribution in [2.45, 2.75) is 0 Å². The molecule has 0 fully saturated rings. The van der Waals surface area contributed by atoms with Crippen LogP contribution >= 0.6 is 0 Å². The highest BCUT2D eigenvalue weighted by Crippen LogP contribution is 2.32. The number of fused-ring (bicyclic) bond motifs is 1. The maximum Gasteiger partial charge on any atom is 0.335 e. The van der Waals surface area contributed by atoms with Gasteiger partial charge < -0.3 is 15.7 Å². The van der Waals surface area contributed by atoms with Gasteiger partial charge in [-0.25, -0.2) is 15.6 Å². The van der Waals surface area contributed by atoms with Gasteiger partial charge in [0.05, 0.1) is 16.8 Å². The minimum absolute atomic E-state index is 0.0915. The van der Waals surface area contributed by atoms with Crippen molar-refractivity contribution in [1.82, 2.24) is 0 Å². The first-order valence-electron chi connectivity index (χ1n) is 9.34. The molecule has 2 amide bonds. The zero-order valence-electron chi connectivity index (χ0n) is 16.2. The highest BCUT2D eigenvalue weighted by molar-refractivity contribution is 6.32. The van der Waals surface area contributed by atoms with E-state index in [1.165, 1.54) is 18.3 Å². The van der Waals surface area contributed by atoms with Gasteiger partial charge >= 0.3 is 5.97 Å². The van der Waals surface area contributed by atoms with Crippen LogP contribution < -0.4 is 21.5 Å². The summed E-state index contributed by atoms with van der Waals surface area (Å²) in [5.74, 6) is 4.15. The Hall–Kier alpha value is -4.43. The summed E-state index contributed by atoms with van der Waals surface area (Å²) in [5, 5.41) is 16.0. The molecule has 0 atom stereocenters. The number of hydrogen-bond donors (Lipinski definition) is 4. The maximum atomic E-state index is 12.6. The monoisotopic (exact) mass is 414 g/mol. The Morgan fingerprint density at radius 1 is 0.968 bits per heavy atom. The number of carboxylic acid groups (broad SMARTS) is 1. The second kappa shape index (κ2) is 8.13. The Morgan fingerprint density at radius 3 is 2.32 bits per heavy atom. The number of carbonyl (C=O) groups excluding carboxylic acids is 2. The molecule has 8 nitrogen and oxygen atoms in total. The molecule has 0 unspecified atom stereocenters. The summed E-state index contributed by atoms with van der Waals surface area (Å²) in [6, 6.07) is 19.9. The van der Waals surface area contributed by atoms with Crippen molar-refractivity contribution in [2.24, 2.45) is 5.84 Å². The molecule has 0 saturated heterocycles. The largest absolute Gasteiger partial charge is 0.478 e. The number of para-hydroxylation sites is 1. The number of hydrogen-bond acceptors (Lipinski definition) is 5. The number of nitrogens with two attached hydrogens (primary N) is 1. The number of hydrazine groups is 1. The zero-order valence-corrected chi connectivity index (χ0v) is 16.2. The molecule has 3 aromatic carbocycles. The van der Waals surface area contributed by atoms with Crippen LogP contribution in [0.4, 0.5) is 17.1 Å². The molecule has 0 bridgehead atoms. The van der Waals surface area contributed by atoms with E-state index in [4.69, 9.17) is 5.84 Å². The Morgan fingerprint density at radius 2 is 1.65 bits per heavy atom. The van der Waals surface area contributed by atoms with E-state index in [0.717, 1.165) is 5.01 Å². The van der Waals surface area contributed by atoms with Gasteiger partial charge in [-0.2, -0.15) is 0 Å². The molecule has 0 aromatic heterocycles. The molecule has 0 spiro atoms. The Kier molecular flexibility index (Phi) is 5.21. The first-order valence-corrected chi connectivity index (χ1v) is 9.34. The number of amides is 2. The second-order valence-electron chi connectivity index (χ2n) is 6.81. The van der Waals surface area contributed by atoms with Crippen LogP contribution in [-0.4, -0.2) is 22.9 Å². The maximum absolute atomic E-state index is 12.6. The van der Waals surface area contributed by atoms with Crippen molar-refractivity contribution < 1.29 is 19.5 Å². The summed E-state index contributed by atoms with van der Waals surface area (Å²) in [6.07, 6.45) is 1.50. The van der Waals surface area contributed by atoms with Crippen molar-refractivity contribution in [2.75, 3.05) is 15.6 Å². The van der Waals surface area contributed by atoms with Gasteiger partial charge in [-0.1, -0.05) is 18.2 Å². The third kappa shape index (κ3) is 4.00. The Balaban J connectivity index is 1.51. The number of rotatable bonds is 5. The number of nitrogens with zero attached hydrogens (tertiary/aromatic N) is 1. The molecular weight excluding hydrogens is 396 g/mol. The predicted octanol–water partition coefficient (Wildman–Crippen LogP) is 3.31. The van der Waals surface area contributed by atoms with E-state index < -0.39 is 5.97 Å². The van der Waals surface area contributed by atoms with Crippen LogP contribution in [0.2, 0.25) is 0 Å². The molecule has 31 heavy (non-hydrogen) atoms. The molecule has 0 saturated carbocycles. The number of carbonyl (C=O) groups is 3. The van der Waals surface area contributed by atoms with Gasteiger partial charge in [-0.05, 0) is 54.6 Å². The molecule has 3 aromatic rings. The molecule has 0 aliphatic carbocycles. The van der Waals surface area contributed by atoms with Crippen LogP contribution in [0.15, 0.2) is 79.0 Å². The van der Waals surface area contributed by atoms with Gasteiger partial charge in [-0.15, -0.1) is 0 Å².